The van der Waals surface area contributed by atoms with Gasteiger partial charge in [0.15, 0.2) is 0 Å². The monoisotopic (exact) mass is 165 g/mol. The van der Waals surface area contributed by atoms with Gasteiger partial charge >= 0.3 is 0 Å². The Bertz CT molecular complexity index is 210. The highest BCUT2D eigenvalue weighted by atomic mass is 16.4. The first-order chi connectivity index (χ1) is 5.93. The molecule has 0 aromatic rings. The number of nitrogens with zero attached hydrogens (tertiary/aromatic N) is 1. The maximum Gasteiger partial charge on any atom is 0.0571 e. The van der Waals surface area contributed by atoms with Gasteiger partial charge in [-0.1, -0.05) is 5.16 Å². The number of rotatable bonds is 0. The first kappa shape index (κ1) is 9.12. The molecule has 12 heavy (non-hydrogen) atoms. The molecule has 0 fully saturated rings. The molecular formula is C10H15NO. The van der Waals surface area contributed by atoms with E-state index in [1.165, 1.54) is 0 Å². The lowest BCUT2D eigenvalue weighted by molar-refractivity contribution is 0.315. The van der Waals surface area contributed by atoms with Crippen molar-refractivity contribution in [3.05, 3.63) is 0 Å². The van der Waals surface area contributed by atoms with Gasteiger partial charge in [0.05, 0.1) is 5.71 Å². The molecule has 0 spiro atoms. The Morgan fingerprint density at radius 3 is 2.42 bits per heavy atom. The lowest BCUT2D eigenvalue weighted by Gasteiger charge is -2.03. The Kier molecular flexibility index (Phi) is 4.30. The van der Waals surface area contributed by atoms with Gasteiger partial charge in [-0.2, -0.15) is 0 Å². The fourth-order valence-electron chi connectivity index (χ4n) is 1.33. The summed E-state index contributed by atoms with van der Waals surface area (Å²) in [7, 11) is 0. The van der Waals surface area contributed by atoms with Gasteiger partial charge in [0.1, 0.15) is 0 Å². The van der Waals surface area contributed by atoms with Crippen LogP contribution in [0, 0.1) is 11.8 Å². The van der Waals surface area contributed by atoms with Gasteiger partial charge in [-0.25, -0.2) is 0 Å². The maximum absolute atomic E-state index is 8.62. The van der Waals surface area contributed by atoms with Crippen LogP contribution in [0.1, 0.15) is 44.9 Å². The molecule has 0 aromatic carbocycles. The predicted molar refractivity (Wildman–Crippen MR) is 49.3 cm³/mol. The van der Waals surface area contributed by atoms with E-state index < -0.39 is 0 Å². The summed E-state index contributed by atoms with van der Waals surface area (Å²) in [6.45, 7) is 0. The summed E-state index contributed by atoms with van der Waals surface area (Å²) in [6, 6.07) is 0. The topological polar surface area (TPSA) is 32.6 Å². The van der Waals surface area contributed by atoms with Crippen molar-refractivity contribution in [2.45, 2.75) is 44.9 Å². The van der Waals surface area contributed by atoms with Crippen molar-refractivity contribution in [3.63, 3.8) is 0 Å². The quantitative estimate of drug-likeness (QED) is 0.334. The van der Waals surface area contributed by atoms with Crippen LogP contribution in [0.4, 0.5) is 0 Å². The van der Waals surface area contributed by atoms with Crippen molar-refractivity contribution in [3.8, 4) is 11.8 Å². The summed E-state index contributed by atoms with van der Waals surface area (Å²) in [6.07, 6.45) is 7.06. The highest BCUT2D eigenvalue weighted by Crippen LogP contribution is 2.08. The molecule has 0 saturated carbocycles. The molecule has 0 saturated heterocycles. The zero-order chi connectivity index (χ0) is 8.65. The second-order valence-electron chi connectivity index (χ2n) is 3.08. The van der Waals surface area contributed by atoms with Crippen LogP contribution < -0.4 is 0 Å². The van der Waals surface area contributed by atoms with Gasteiger partial charge in [0, 0.05) is 12.8 Å². The molecule has 1 aliphatic carbocycles. The van der Waals surface area contributed by atoms with E-state index in [2.05, 4.69) is 17.0 Å². The van der Waals surface area contributed by atoms with Crippen LogP contribution in [-0.4, -0.2) is 10.9 Å². The van der Waals surface area contributed by atoms with Crippen LogP contribution >= 0.6 is 0 Å². The fourth-order valence-corrected chi connectivity index (χ4v) is 1.33. The van der Waals surface area contributed by atoms with Gasteiger partial charge in [-0.3, -0.25) is 0 Å². The SMILES string of the molecule is O/N=C1\CCCC#CCCCC1. The van der Waals surface area contributed by atoms with Crippen LogP contribution in [0.2, 0.25) is 0 Å². The van der Waals surface area contributed by atoms with E-state index in [-0.39, 0.29) is 0 Å². The zero-order valence-corrected chi connectivity index (χ0v) is 7.34. The smallest absolute Gasteiger partial charge is 0.0571 e. The molecule has 66 valence electrons. The molecule has 1 aliphatic rings. The molecule has 1 N–H and O–H groups in total. The second-order valence-corrected chi connectivity index (χ2v) is 3.08. The van der Waals surface area contributed by atoms with Crippen LogP contribution in [0.3, 0.4) is 0 Å². The second kappa shape index (κ2) is 5.65. The minimum atomic E-state index is 0.908. The Morgan fingerprint density at radius 2 is 1.67 bits per heavy atom. The average Bonchev–Trinajstić information content (AvgIpc) is 2.14. The van der Waals surface area contributed by atoms with Gasteiger partial charge in [0.25, 0.3) is 0 Å². The van der Waals surface area contributed by atoms with E-state index in [4.69, 9.17) is 5.21 Å². The molecule has 0 heterocycles. The maximum atomic E-state index is 8.62. The van der Waals surface area contributed by atoms with Crippen LogP contribution in [0.5, 0.6) is 0 Å². The summed E-state index contributed by atoms with van der Waals surface area (Å²) in [5.74, 6) is 6.25. The van der Waals surface area contributed by atoms with Crippen molar-refractivity contribution in [1.82, 2.24) is 0 Å². The summed E-state index contributed by atoms with van der Waals surface area (Å²) in [5.41, 5.74) is 0.943. The molecule has 2 heteroatoms. The largest absolute Gasteiger partial charge is 0.411 e. The molecule has 1 rings (SSSR count). The van der Waals surface area contributed by atoms with Crippen molar-refractivity contribution in [2.24, 2.45) is 5.16 Å². The first-order valence-corrected chi connectivity index (χ1v) is 4.59. The van der Waals surface area contributed by atoms with E-state index >= 15 is 0 Å². The molecule has 0 radical (unpaired) electrons. The molecule has 2 nitrogen and oxygen atoms in total. The van der Waals surface area contributed by atoms with Crippen LogP contribution in [-0.2, 0) is 0 Å². The lowest BCUT2D eigenvalue weighted by atomic mass is 10.0. The third-order valence-electron chi connectivity index (χ3n) is 2.05. The Morgan fingerprint density at radius 1 is 1.00 bits per heavy atom. The van der Waals surface area contributed by atoms with E-state index in [1.807, 2.05) is 0 Å². The lowest BCUT2D eigenvalue weighted by Crippen LogP contribution is -1.99. The van der Waals surface area contributed by atoms with E-state index in [9.17, 15) is 0 Å². The standard InChI is InChI=1S/C10H15NO/c12-11-10-8-6-4-2-1-3-5-7-9-10/h12H,2,4-9H2/b11-10-. The number of hydrogen-bond acceptors (Lipinski definition) is 2. The molecule has 0 atom stereocenters. The minimum Gasteiger partial charge on any atom is -0.411 e. The summed E-state index contributed by atoms with van der Waals surface area (Å²) in [5, 5.41) is 11.9. The van der Waals surface area contributed by atoms with Crippen LogP contribution in [0.15, 0.2) is 5.16 Å². The number of oxime groups is 1. The molecule has 0 aromatic heterocycles. The van der Waals surface area contributed by atoms with Gasteiger partial charge in [-0.05, 0) is 32.1 Å². The van der Waals surface area contributed by atoms with Crippen molar-refractivity contribution in [2.75, 3.05) is 0 Å². The minimum absolute atomic E-state index is 0.908. The van der Waals surface area contributed by atoms with Gasteiger partial charge < -0.3 is 5.21 Å². The van der Waals surface area contributed by atoms with Crippen molar-refractivity contribution >= 4 is 5.71 Å². The Balaban J connectivity index is 2.40. The molecule has 0 unspecified atom stereocenters. The van der Waals surface area contributed by atoms with E-state index in [0.29, 0.717) is 0 Å². The highest BCUT2D eigenvalue weighted by molar-refractivity contribution is 5.83. The first-order valence-electron chi connectivity index (χ1n) is 4.59. The zero-order valence-electron chi connectivity index (χ0n) is 7.34. The van der Waals surface area contributed by atoms with E-state index in [0.717, 1.165) is 50.7 Å². The van der Waals surface area contributed by atoms with Gasteiger partial charge in [-0.15, -0.1) is 11.8 Å². The average molecular weight is 165 g/mol. The third kappa shape index (κ3) is 3.43. The summed E-state index contributed by atoms with van der Waals surface area (Å²) < 4.78 is 0. The molecule has 0 aliphatic heterocycles. The Labute approximate surface area is 73.7 Å². The van der Waals surface area contributed by atoms with Crippen molar-refractivity contribution in [1.29, 1.82) is 0 Å². The Hall–Kier alpha value is -0.970. The normalized spacial score (nSPS) is 22.8. The molecule has 0 bridgehead atoms. The third-order valence-corrected chi connectivity index (χ3v) is 2.05. The van der Waals surface area contributed by atoms with Crippen molar-refractivity contribution < 1.29 is 5.21 Å². The number of hydrogen-bond donors (Lipinski definition) is 1. The fraction of sp³-hybridized carbons (Fsp3) is 0.700. The highest BCUT2D eigenvalue weighted by Gasteiger charge is 2.00. The van der Waals surface area contributed by atoms with Crippen LogP contribution in [0.25, 0.3) is 0 Å². The summed E-state index contributed by atoms with van der Waals surface area (Å²) >= 11 is 0. The molecular weight excluding hydrogens is 150 g/mol. The summed E-state index contributed by atoms with van der Waals surface area (Å²) in [4.78, 5) is 0. The molecule has 0 amide bonds. The predicted octanol–water partition coefficient (Wildman–Crippen LogP) is 2.56. The van der Waals surface area contributed by atoms with E-state index in [1.54, 1.807) is 0 Å². The van der Waals surface area contributed by atoms with Gasteiger partial charge in [0.2, 0.25) is 0 Å².